The van der Waals surface area contributed by atoms with Gasteiger partial charge in [0.25, 0.3) is 11.8 Å². The molecule has 0 radical (unpaired) electrons. The molecule has 0 bridgehead atoms. The lowest BCUT2D eigenvalue weighted by Crippen LogP contribution is -2.42. The summed E-state index contributed by atoms with van der Waals surface area (Å²) in [5.74, 6) is -0.574. The van der Waals surface area contributed by atoms with Gasteiger partial charge < -0.3 is 10.6 Å². The van der Waals surface area contributed by atoms with Crippen molar-refractivity contribution in [2.75, 3.05) is 11.9 Å². The smallest absolute Gasteiger partial charge is 0.255 e. The van der Waals surface area contributed by atoms with Crippen molar-refractivity contribution in [1.82, 2.24) is 9.62 Å². The van der Waals surface area contributed by atoms with E-state index in [2.05, 4.69) is 10.6 Å². The van der Waals surface area contributed by atoms with E-state index < -0.39 is 15.9 Å². The highest BCUT2D eigenvalue weighted by Crippen LogP contribution is 2.27. The molecular formula is C22H25N3O4S. The second-order valence-corrected chi connectivity index (χ2v) is 9.84. The SMILES string of the molecule is Cc1ccc(S(=O)(=O)N2CCCCC2C)cc1C(=O)Nc1ccc2c(c1)C(=O)NC2. The minimum atomic E-state index is -3.67. The minimum absolute atomic E-state index is 0.0557. The molecule has 2 aromatic carbocycles. The van der Waals surface area contributed by atoms with E-state index in [-0.39, 0.29) is 16.8 Å². The van der Waals surface area contributed by atoms with E-state index in [4.69, 9.17) is 0 Å². The van der Waals surface area contributed by atoms with Gasteiger partial charge in [0.2, 0.25) is 10.0 Å². The zero-order valence-corrected chi connectivity index (χ0v) is 17.9. The van der Waals surface area contributed by atoms with Crippen molar-refractivity contribution < 1.29 is 18.0 Å². The highest BCUT2D eigenvalue weighted by Gasteiger charge is 2.31. The molecule has 0 saturated carbocycles. The van der Waals surface area contributed by atoms with E-state index in [9.17, 15) is 18.0 Å². The van der Waals surface area contributed by atoms with Crippen molar-refractivity contribution in [1.29, 1.82) is 0 Å². The summed E-state index contributed by atoms with van der Waals surface area (Å²) in [5, 5.41) is 5.53. The third-order valence-electron chi connectivity index (χ3n) is 5.85. The summed E-state index contributed by atoms with van der Waals surface area (Å²) in [5.41, 5.74) is 2.90. The second-order valence-electron chi connectivity index (χ2n) is 7.95. The number of aryl methyl sites for hydroxylation is 1. The van der Waals surface area contributed by atoms with Crippen LogP contribution in [0.25, 0.3) is 0 Å². The van der Waals surface area contributed by atoms with Gasteiger partial charge >= 0.3 is 0 Å². The topological polar surface area (TPSA) is 95.6 Å². The first-order chi connectivity index (χ1) is 14.3. The minimum Gasteiger partial charge on any atom is -0.348 e. The predicted molar refractivity (Wildman–Crippen MR) is 114 cm³/mol. The van der Waals surface area contributed by atoms with E-state index in [0.717, 1.165) is 24.8 Å². The average molecular weight is 428 g/mol. The molecule has 1 saturated heterocycles. The van der Waals surface area contributed by atoms with Crippen molar-refractivity contribution >= 4 is 27.5 Å². The number of rotatable bonds is 4. The molecule has 4 rings (SSSR count). The van der Waals surface area contributed by atoms with E-state index in [1.54, 1.807) is 37.3 Å². The fourth-order valence-corrected chi connectivity index (χ4v) is 5.79. The Morgan fingerprint density at radius 1 is 1.17 bits per heavy atom. The summed E-state index contributed by atoms with van der Waals surface area (Å²) < 4.78 is 27.8. The van der Waals surface area contributed by atoms with Crippen LogP contribution in [0.5, 0.6) is 0 Å². The Morgan fingerprint density at radius 3 is 2.73 bits per heavy atom. The highest BCUT2D eigenvalue weighted by molar-refractivity contribution is 7.89. The van der Waals surface area contributed by atoms with Gasteiger partial charge in [0.15, 0.2) is 0 Å². The summed E-state index contributed by atoms with van der Waals surface area (Å²) in [4.78, 5) is 24.9. The number of nitrogens with zero attached hydrogens (tertiary/aromatic N) is 1. The number of anilines is 1. The lowest BCUT2D eigenvalue weighted by Gasteiger charge is -2.32. The van der Waals surface area contributed by atoms with Gasteiger partial charge in [-0.05, 0) is 62.1 Å². The maximum atomic E-state index is 13.2. The van der Waals surface area contributed by atoms with Gasteiger partial charge in [-0.15, -0.1) is 0 Å². The second kappa shape index (κ2) is 7.85. The molecule has 7 nitrogen and oxygen atoms in total. The van der Waals surface area contributed by atoms with Gasteiger partial charge in [-0.2, -0.15) is 4.31 Å². The van der Waals surface area contributed by atoms with Gasteiger partial charge in [-0.1, -0.05) is 18.6 Å². The number of hydrogen-bond acceptors (Lipinski definition) is 4. The summed E-state index contributed by atoms with van der Waals surface area (Å²) in [7, 11) is -3.67. The first-order valence-electron chi connectivity index (χ1n) is 10.1. The molecule has 30 heavy (non-hydrogen) atoms. The van der Waals surface area contributed by atoms with Crippen LogP contribution in [-0.4, -0.2) is 37.1 Å². The van der Waals surface area contributed by atoms with Gasteiger partial charge in [0.1, 0.15) is 0 Å². The Labute approximate surface area is 176 Å². The van der Waals surface area contributed by atoms with Crippen molar-refractivity contribution in [2.45, 2.75) is 50.6 Å². The quantitative estimate of drug-likeness (QED) is 0.784. The Balaban J connectivity index is 1.61. The molecule has 2 aliphatic rings. The molecule has 0 aromatic heterocycles. The highest BCUT2D eigenvalue weighted by atomic mass is 32.2. The predicted octanol–water partition coefficient (Wildman–Crippen LogP) is 3.05. The first-order valence-corrected chi connectivity index (χ1v) is 11.6. The Bertz CT molecular complexity index is 1130. The number of amides is 2. The molecular weight excluding hydrogens is 402 g/mol. The molecule has 2 heterocycles. The molecule has 0 spiro atoms. The van der Waals surface area contributed by atoms with Crippen LogP contribution < -0.4 is 10.6 Å². The van der Waals surface area contributed by atoms with Crippen LogP contribution in [0.1, 0.15) is 58.0 Å². The lowest BCUT2D eigenvalue weighted by molar-refractivity contribution is 0.0964. The molecule has 0 aliphatic carbocycles. The van der Waals surface area contributed by atoms with Gasteiger partial charge in [-0.3, -0.25) is 9.59 Å². The van der Waals surface area contributed by atoms with Crippen LogP contribution >= 0.6 is 0 Å². The largest absolute Gasteiger partial charge is 0.348 e. The molecule has 2 aromatic rings. The molecule has 158 valence electrons. The zero-order valence-electron chi connectivity index (χ0n) is 17.1. The molecule has 2 N–H and O–H groups in total. The molecule has 1 fully saturated rings. The van der Waals surface area contributed by atoms with Crippen LogP contribution in [0.3, 0.4) is 0 Å². The van der Waals surface area contributed by atoms with Crippen molar-refractivity contribution in [3.05, 3.63) is 58.7 Å². The summed E-state index contributed by atoms with van der Waals surface area (Å²) in [6, 6.07) is 9.79. The summed E-state index contributed by atoms with van der Waals surface area (Å²) in [6.07, 6.45) is 2.70. The molecule has 1 unspecified atom stereocenters. The third kappa shape index (κ3) is 3.73. The van der Waals surface area contributed by atoms with E-state index in [0.29, 0.717) is 35.5 Å². The van der Waals surface area contributed by atoms with Crippen molar-refractivity contribution in [2.24, 2.45) is 0 Å². The Kier molecular flexibility index (Phi) is 5.38. The van der Waals surface area contributed by atoms with Crippen LogP contribution in [0, 0.1) is 6.92 Å². The Morgan fingerprint density at radius 2 is 1.97 bits per heavy atom. The number of nitrogens with one attached hydrogen (secondary N) is 2. The third-order valence-corrected chi connectivity index (χ3v) is 7.86. The maximum absolute atomic E-state index is 13.2. The van der Waals surface area contributed by atoms with Crippen LogP contribution in [0.2, 0.25) is 0 Å². The van der Waals surface area contributed by atoms with E-state index in [1.165, 1.54) is 10.4 Å². The van der Waals surface area contributed by atoms with Gasteiger partial charge in [0, 0.05) is 35.9 Å². The van der Waals surface area contributed by atoms with Crippen LogP contribution in [0.4, 0.5) is 5.69 Å². The number of piperidine rings is 1. The van der Waals surface area contributed by atoms with Crippen molar-refractivity contribution in [3.63, 3.8) is 0 Å². The maximum Gasteiger partial charge on any atom is 0.255 e. The van der Waals surface area contributed by atoms with Crippen molar-refractivity contribution in [3.8, 4) is 0 Å². The standard InChI is InChI=1S/C22H25N3O4S/c1-14-6-9-18(30(28,29)25-10-4-3-5-15(25)2)12-19(14)22(27)24-17-8-7-16-13-23-21(26)20(16)11-17/h6-9,11-12,15H,3-5,10,13H2,1-2H3,(H,23,26)(H,24,27). The zero-order chi connectivity index (χ0) is 21.5. The van der Waals surface area contributed by atoms with Gasteiger partial charge in [-0.25, -0.2) is 8.42 Å². The number of sulfonamides is 1. The number of benzene rings is 2. The Hall–Kier alpha value is -2.71. The number of fused-ring (bicyclic) bond motifs is 1. The van der Waals surface area contributed by atoms with E-state index >= 15 is 0 Å². The normalized spacial score (nSPS) is 19.3. The fraction of sp³-hybridized carbons (Fsp3) is 0.364. The number of carbonyl (C=O) groups excluding carboxylic acids is 2. The van der Waals surface area contributed by atoms with Gasteiger partial charge in [0.05, 0.1) is 4.90 Å². The molecule has 1 atom stereocenters. The van der Waals surface area contributed by atoms with Crippen LogP contribution in [0.15, 0.2) is 41.3 Å². The lowest BCUT2D eigenvalue weighted by atomic mass is 10.1. The summed E-state index contributed by atoms with van der Waals surface area (Å²) in [6.45, 7) is 4.67. The summed E-state index contributed by atoms with van der Waals surface area (Å²) >= 11 is 0. The fourth-order valence-electron chi connectivity index (χ4n) is 4.06. The monoisotopic (exact) mass is 427 g/mol. The van der Waals surface area contributed by atoms with E-state index in [1.807, 2.05) is 6.92 Å². The average Bonchev–Trinajstić information content (AvgIpc) is 3.08. The van der Waals surface area contributed by atoms with Crippen LogP contribution in [-0.2, 0) is 16.6 Å². The first kappa shape index (κ1) is 20.6. The molecule has 8 heteroatoms. The molecule has 2 aliphatic heterocycles. The molecule has 2 amide bonds. The number of hydrogen-bond donors (Lipinski definition) is 2. The number of carbonyl (C=O) groups is 2.